The average Bonchev–Trinajstić information content (AvgIpc) is 2.03. The predicted molar refractivity (Wildman–Crippen MR) is 48.2 cm³/mol. The summed E-state index contributed by atoms with van der Waals surface area (Å²) in [6.45, 7) is 3.45. The van der Waals surface area contributed by atoms with Gasteiger partial charge in [0, 0.05) is 0 Å². The lowest BCUT2D eigenvalue weighted by molar-refractivity contribution is 0.451. The quantitative estimate of drug-likeness (QED) is 0.494. The molecular weight excluding hydrogens is 139 g/mol. The van der Waals surface area contributed by atoms with Gasteiger partial charge in [-0.3, -0.25) is 4.39 Å². The van der Waals surface area contributed by atoms with Crippen molar-refractivity contribution in [3.05, 3.63) is 19.1 Å². The van der Waals surface area contributed by atoms with Gasteiger partial charge >= 0.3 is 0 Å². The van der Waals surface area contributed by atoms with E-state index in [0.29, 0.717) is 0 Å². The Balaban J connectivity index is 2.79. The highest BCUT2D eigenvalue weighted by molar-refractivity contribution is 4.83. The van der Waals surface area contributed by atoms with Gasteiger partial charge in [0.25, 0.3) is 0 Å². The molecule has 11 heavy (non-hydrogen) atoms. The molecule has 1 heteroatoms. The molecule has 0 bridgehead atoms. The van der Waals surface area contributed by atoms with Crippen molar-refractivity contribution in [1.82, 2.24) is 0 Å². The second-order valence-corrected chi connectivity index (χ2v) is 2.72. The van der Waals surface area contributed by atoms with Crippen LogP contribution in [0.4, 0.5) is 4.39 Å². The highest BCUT2D eigenvalue weighted by Gasteiger charge is 1.88. The number of allylic oxidation sites excluding steroid dienone is 2. The summed E-state index contributed by atoms with van der Waals surface area (Å²) in [6, 6.07) is 0. The fourth-order valence-electron chi connectivity index (χ4n) is 1.00. The van der Waals surface area contributed by atoms with E-state index < -0.39 is 0 Å². The Morgan fingerprint density at radius 2 is 1.64 bits per heavy atom. The van der Waals surface area contributed by atoms with Crippen LogP contribution in [-0.4, -0.2) is 6.67 Å². The van der Waals surface area contributed by atoms with Crippen LogP contribution < -0.4 is 0 Å². The van der Waals surface area contributed by atoms with Gasteiger partial charge in [-0.25, -0.2) is 0 Å². The Hall–Kier alpha value is -0.330. The summed E-state index contributed by atoms with van der Waals surface area (Å²) in [5.74, 6) is 0. The highest BCUT2D eigenvalue weighted by atomic mass is 19.1. The van der Waals surface area contributed by atoms with Crippen LogP contribution in [0.2, 0.25) is 0 Å². The lowest BCUT2D eigenvalue weighted by atomic mass is 10.1. The number of rotatable bonds is 7. The molecule has 0 heterocycles. The van der Waals surface area contributed by atoms with Crippen LogP contribution in [-0.2, 0) is 0 Å². The predicted octanol–water partition coefficient (Wildman–Crippen LogP) is 3.69. The normalized spacial score (nSPS) is 11.1. The first-order chi connectivity index (χ1) is 5.41. The van der Waals surface area contributed by atoms with Gasteiger partial charge in [-0.1, -0.05) is 31.4 Å². The molecule has 65 valence electrons. The minimum absolute atomic E-state index is 0.154. The maximum atomic E-state index is 11.6. The van der Waals surface area contributed by atoms with Crippen molar-refractivity contribution in [2.24, 2.45) is 0 Å². The Labute approximate surface area is 69.5 Å². The van der Waals surface area contributed by atoms with E-state index in [1.165, 1.54) is 19.3 Å². The molecule has 0 aromatic heterocycles. The molecule has 0 saturated carbocycles. The third kappa shape index (κ3) is 9.67. The minimum Gasteiger partial charge on any atom is -0.251 e. The minimum atomic E-state index is -0.154. The molecule has 0 spiro atoms. The van der Waals surface area contributed by atoms with Crippen LogP contribution >= 0.6 is 0 Å². The van der Waals surface area contributed by atoms with Crippen molar-refractivity contribution >= 4 is 0 Å². The second kappa shape index (κ2) is 9.67. The van der Waals surface area contributed by atoms with Crippen LogP contribution in [0.1, 0.15) is 38.5 Å². The molecular formula is C10H18F. The van der Waals surface area contributed by atoms with E-state index in [0.717, 1.165) is 19.3 Å². The maximum Gasteiger partial charge on any atom is 0.0894 e. The van der Waals surface area contributed by atoms with E-state index in [1.54, 1.807) is 0 Å². The number of unbranched alkanes of at least 4 members (excludes halogenated alkanes) is 5. The summed E-state index contributed by atoms with van der Waals surface area (Å²) in [5.41, 5.74) is 0. The Morgan fingerprint density at radius 1 is 1.00 bits per heavy atom. The van der Waals surface area contributed by atoms with Crippen LogP contribution in [0.5, 0.6) is 0 Å². The summed E-state index contributed by atoms with van der Waals surface area (Å²) in [6.07, 6.45) is 10.4. The topological polar surface area (TPSA) is 0 Å². The lowest BCUT2D eigenvalue weighted by Gasteiger charge is -1.96. The molecule has 1 radical (unpaired) electrons. The Bertz CT molecular complexity index is 86.9. The monoisotopic (exact) mass is 157 g/mol. The molecule has 0 aliphatic heterocycles. The van der Waals surface area contributed by atoms with E-state index in [9.17, 15) is 4.39 Å². The van der Waals surface area contributed by atoms with E-state index in [4.69, 9.17) is 0 Å². The molecule has 0 N–H and O–H groups in total. The average molecular weight is 157 g/mol. The van der Waals surface area contributed by atoms with Crippen LogP contribution in [0.25, 0.3) is 0 Å². The van der Waals surface area contributed by atoms with Gasteiger partial charge in [-0.15, -0.1) is 0 Å². The molecule has 0 saturated heterocycles. The van der Waals surface area contributed by atoms with E-state index in [2.05, 4.69) is 13.0 Å². The molecule has 0 fully saturated rings. The molecule has 0 amide bonds. The van der Waals surface area contributed by atoms with Crippen LogP contribution in [0, 0.1) is 6.92 Å². The lowest BCUT2D eigenvalue weighted by Crippen LogP contribution is -1.79. The smallest absolute Gasteiger partial charge is 0.0894 e. The van der Waals surface area contributed by atoms with Gasteiger partial charge in [0.05, 0.1) is 6.67 Å². The third-order valence-corrected chi connectivity index (χ3v) is 1.67. The van der Waals surface area contributed by atoms with E-state index >= 15 is 0 Å². The summed E-state index contributed by atoms with van der Waals surface area (Å²) >= 11 is 0. The number of hydrogen-bond donors (Lipinski definition) is 0. The van der Waals surface area contributed by atoms with Crippen LogP contribution in [0.3, 0.4) is 0 Å². The molecule has 0 nitrogen and oxygen atoms in total. The third-order valence-electron chi connectivity index (χ3n) is 1.67. The van der Waals surface area contributed by atoms with E-state index in [1.807, 2.05) is 6.08 Å². The van der Waals surface area contributed by atoms with E-state index in [-0.39, 0.29) is 6.67 Å². The first kappa shape index (κ1) is 10.7. The Kier molecular flexibility index (Phi) is 9.38. The van der Waals surface area contributed by atoms with Gasteiger partial charge < -0.3 is 0 Å². The fraction of sp³-hybridized carbons (Fsp3) is 0.700. The van der Waals surface area contributed by atoms with Crippen molar-refractivity contribution < 1.29 is 4.39 Å². The van der Waals surface area contributed by atoms with Crippen LogP contribution in [0.15, 0.2) is 12.2 Å². The van der Waals surface area contributed by atoms with Gasteiger partial charge in [-0.2, -0.15) is 0 Å². The zero-order valence-electron chi connectivity index (χ0n) is 7.19. The van der Waals surface area contributed by atoms with Gasteiger partial charge in [0.2, 0.25) is 0 Å². The van der Waals surface area contributed by atoms with Crippen molar-refractivity contribution in [3.63, 3.8) is 0 Å². The first-order valence-electron chi connectivity index (χ1n) is 4.42. The standard InChI is InChI=1S/C10H18F/c1-2-3-4-5-6-7-8-9-10-11/h2-3H,1,4-10H2. The fourth-order valence-corrected chi connectivity index (χ4v) is 1.00. The number of hydrogen-bond acceptors (Lipinski definition) is 0. The molecule has 0 rings (SSSR count). The Morgan fingerprint density at radius 3 is 2.27 bits per heavy atom. The summed E-state index contributed by atoms with van der Waals surface area (Å²) in [5, 5.41) is 0. The highest BCUT2D eigenvalue weighted by Crippen LogP contribution is 2.05. The molecule has 0 aliphatic rings. The number of alkyl halides is 1. The van der Waals surface area contributed by atoms with Gasteiger partial charge in [-0.05, 0) is 26.2 Å². The molecule has 0 atom stereocenters. The SMILES string of the molecule is [CH2]C=CCCCCCCCF. The van der Waals surface area contributed by atoms with Crippen molar-refractivity contribution in [2.45, 2.75) is 38.5 Å². The van der Waals surface area contributed by atoms with Crippen molar-refractivity contribution in [3.8, 4) is 0 Å². The molecule has 0 aromatic rings. The van der Waals surface area contributed by atoms with Gasteiger partial charge in [0.15, 0.2) is 0 Å². The molecule has 0 aromatic carbocycles. The first-order valence-corrected chi connectivity index (χ1v) is 4.42. The molecule has 0 aliphatic carbocycles. The summed E-state index contributed by atoms with van der Waals surface area (Å²) < 4.78 is 11.6. The van der Waals surface area contributed by atoms with Gasteiger partial charge in [0.1, 0.15) is 0 Å². The molecule has 0 unspecified atom stereocenters. The largest absolute Gasteiger partial charge is 0.251 e. The zero-order chi connectivity index (χ0) is 8.36. The van der Waals surface area contributed by atoms with Crippen molar-refractivity contribution in [1.29, 1.82) is 0 Å². The zero-order valence-corrected chi connectivity index (χ0v) is 7.19. The summed E-state index contributed by atoms with van der Waals surface area (Å²) in [7, 11) is 0. The summed E-state index contributed by atoms with van der Waals surface area (Å²) in [4.78, 5) is 0. The maximum absolute atomic E-state index is 11.6. The number of halogens is 1. The second-order valence-electron chi connectivity index (χ2n) is 2.72. The van der Waals surface area contributed by atoms with Crippen molar-refractivity contribution in [2.75, 3.05) is 6.67 Å².